The minimum atomic E-state index is 0.228. The highest BCUT2D eigenvalue weighted by Gasteiger charge is 2.21. The van der Waals surface area contributed by atoms with Crippen LogP contribution in [0.1, 0.15) is 12.6 Å². The summed E-state index contributed by atoms with van der Waals surface area (Å²) in [6, 6.07) is 15.9. The summed E-state index contributed by atoms with van der Waals surface area (Å²) >= 11 is 1.54. The van der Waals surface area contributed by atoms with E-state index in [2.05, 4.69) is 15.8 Å². The van der Waals surface area contributed by atoms with Gasteiger partial charge in [-0.25, -0.2) is 4.98 Å². The molecule has 2 heterocycles. The maximum absolute atomic E-state index is 9.53. The summed E-state index contributed by atoms with van der Waals surface area (Å²) in [6.45, 7) is 2.55. The standard InChI is InChI=1S/C23H21N3O3S/c1-4-29-19-8-6-5-7-16(19)18-14-30-23-25-22(17(11-12-24)26(18)23)15-9-10-20(27-2)21(13-15)28-3/h5-10,13-14H,4,11H2,1-3H3. The van der Waals surface area contributed by atoms with Crippen LogP contribution in [0, 0.1) is 11.3 Å². The molecule has 7 heteroatoms. The molecule has 0 N–H and O–H groups in total. The maximum Gasteiger partial charge on any atom is 0.195 e. The number of ether oxygens (including phenoxy) is 3. The van der Waals surface area contributed by atoms with Crippen LogP contribution >= 0.6 is 11.3 Å². The number of thiazole rings is 1. The van der Waals surface area contributed by atoms with Crippen LogP contribution in [0.4, 0.5) is 0 Å². The number of imidazole rings is 1. The van der Waals surface area contributed by atoms with Gasteiger partial charge >= 0.3 is 0 Å². The number of fused-ring (bicyclic) bond motifs is 1. The van der Waals surface area contributed by atoms with E-state index in [-0.39, 0.29) is 6.42 Å². The first-order valence-corrected chi connectivity index (χ1v) is 10.4. The Balaban J connectivity index is 1.93. The topological polar surface area (TPSA) is 68.8 Å². The van der Waals surface area contributed by atoms with Crippen molar-refractivity contribution in [1.29, 1.82) is 5.26 Å². The Morgan fingerprint density at radius 1 is 1.07 bits per heavy atom. The van der Waals surface area contributed by atoms with Gasteiger partial charge in [-0.2, -0.15) is 5.26 Å². The predicted octanol–water partition coefficient (Wildman–Crippen LogP) is 5.21. The van der Waals surface area contributed by atoms with Gasteiger partial charge in [0, 0.05) is 16.5 Å². The van der Waals surface area contributed by atoms with Gasteiger partial charge < -0.3 is 14.2 Å². The number of aromatic nitrogens is 2. The normalized spacial score (nSPS) is 10.7. The highest BCUT2D eigenvalue weighted by Crippen LogP contribution is 2.38. The summed E-state index contributed by atoms with van der Waals surface area (Å²) in [4.78, 5) is 5.67. The van der Waals surface area contributed by atoms with Crippen LogP contribution in [0.15, 0.2) is 47.8 Å². The molecule has 0 aliphatic carbocycles. The molecule has 0 radical (unpaired) electrons. The van der Waals surface area contributed by atoms with Gasteiger partial charge in [-0.05, 0) is 37.3 Å². The molecular weight excluding hydrogens is 398 g/mol. The third-order valence-corrected chi connectivity index (χ3v) is 5.65. The number of nitriles is 1. The lowest BCUT2D eigenvalue weighted by molar-refractivity contribution is 0.341. The summed E-state index contributed by atoms with van der Waals surface area (Å²) in [5.74, 6) is 2.08. The van der Waals surface area contributed by atoms with Gasteiger partial charge in [-0.15, -0.1) is 11.3 Å². The van der Waals surface area contributed by atoms with Crippen molar-refractivity contribution in [3.63, 3.8) is 0 Å². The molecule has 152 valence electrons. The predicted molar refractivity (Wildman–Crippen MR) is 118 cm³/mol. The van der Waals surface area contributed by atoms with Crippen molar-refractivity contribution in [3.05, 3.63) is 53.5 Å². The molecule has 0 atom stereocenters. The molecule has 0 spiro atoms. The fraction of sp³-hybridized carbons (Fsp3) is 0.217. The Labute approximate surface area is 178 Å². The van der Waals surface area contributed by atoms with E-state index in [1.807, 2.05) is 49.4 Å². The number of nitrogens with zero attached hydrogens (tertiary/aromatic N) is 3. The third-order valence-electron chi connectivity index (χ3n) is 4.83. The second kappa shape index (κ2) is 8.47. The first-order chi connectivity index (χ1) is 14.7. The molecule has 4 rings (SSSR count). The Morgan fingerprint density at radius 2 is 1.87 bits per heavy atom. The van der Waals surface area contributed by atoms with Gasteiger partial charge in [0.1, 0.15) is 5.75 Å². The summed E-state index contributed by atoms with van der Waals surface area (Å²) in [5, 5.41) is 11.6. The molecular formula is C23H21N3O3S. The van der Waals surface area contributed by atoms with Crippen molar-refractivity contribution < 1.29 is 14.2 Å². The lowest BCUT2D eigenvalue weighted by atomic mass is 10.1. The molecule has 30 heavy (non-hydrogen) atoms. The molecule has 6 nitrogen and oxygen atoms in total. The number of hydrogen-bond donors (Lipinski definition) is 0. The second-order valence-corrected chi connectivity index (χ2v) is 7.32. The molecule has 0 aliphatic rings. The third kappa shape index (κ3) is 3.36. The van der Waals surface area contributed by atoms with E-state index in [0.717, 1.165) is 38.9 Å². The van der Waals surface area contributed by atoms with E-state index in [1.54, 1.807) is 14.2 Å². The minimum absolute atomic E-state index is 0.228. The molecule has 2 aromatic heterocycles. The molecule has 0 saturated heterocycles. The monoisotopic (exact) mass is 419 g/mol. The smallest absolute Gasteiger partial charge is 0.195 e. The van der Waals surface area contributed by atoms with Crippen molar-refractivity contribution in [1.82, 2.24) is 9.38 Å². The molecule has 0 unspecified atom stereocenters. The van der Waals surface area contributed by atoms with Crippen molar-refractivity contribution in [2.45, 2.75) is 13.3 Å². The fourth-order valence-electron chi connectivity index (χ4n) is 3.52. The first kappa shape index (κ1) is 19.8. The van der Waals surface area contributed by atoms with Crippen molar-refractivity contribution in [3.8, 4) is 45.8 Å². The van der Waals surface area contributed by atoms with Crippen LogP contribution in [-0.4, -0.2) is 30.2 Å². The van der Waals surface area contributed by atoms with E-state index in [9.17, 15) is 5.26 Å². The number of hydrogen-bond acceptors (Lipinski definition) is 6. The van der Waals surface area contributed by atoms with Gasteiger partial charge in [-0.1, -0.05) is 12.1 Å². The minimum Gasteiger partial charge on any atom is -0.493 e. The molecule has 0 fully saturated rings. The van der Waals surface area contributed by atoms with Crippen molar-refractivity contribution >= 4 is 16.3 Å². The van der Waals surface area contributed by atoms with E-state index >= 15 is 0 Å². The number of rotatable bonds is 7. The van der Waals surface area contributed by atoms with Crippen LogP contribution in [0.25, 0.3) is 27.5 Å². The Bertz CT molecular complexity index is 1240. The maximum atomic E-state index is 9.53. The summed E-state index contributed by atoms with van der Waals surface area (Å²) in [6.07, 6.45) is 0.228. The SMILES string of the molecule is CCOc1ccccc1-c1csc2nc(-c3ccc(OC)c(OC)c3)c(CC#N)n12. The zero-order valence-corrected chi connectivity index (χ0v) is 17.8. The van der Waals surface area contributed by atoms with Crippen LogP contribution in [0.2, 0.25) is 0 Å². The van der Waals surface area contributed by atoms with E-state index < -0.39 is 0 Å². The zero-order chi connectivity index (χ0) is 21.1. The van der Waals surface area contributed by atoms with E-state index in [0.29, 0.717) is 18.1 Å². The molecule has 0 aliphatic heterocycles. The molecule has 0 amide bonds. The molecule has 4 aromatic rings. The largest absolute Gasteiger partial charge is 0.493 e. The summed E-state index contributed by atoms with van der Waals surface area (Å²) in [5.41, 5.74) is 4.41. The average Bonchev–Trinajstić information content (AvgIpc) is 3.34. The van der Waals surface area contributed by atoms with Crippen LogP contribution in [-0.2, 0) is 6.42 Å². The summed E-state index contributed by atoms with van der Waals surface area (Å²) in [7, 11) is 3.21. The highest BCUT2D eigenvalue weighted by atomic mass is 32.1. The Kier molecular flexibility index (Phi) is 5.59. The highest BCUT2D eigenvalue weighted by molar-refractivity contribution is 7.15. The quantitative estimate of drug-likeness (QED) is 0.411. The van der Waals surface area contributed by atoms with Crippen molar-refractivity contribution in [2.24, 2.45) is 0 Å². The van der Waals surface area contributed by atoms with Gasteiger partial charge in [0.05, 0.1) is 50.4 Å². The lowest BCUT2D eigenvalue weighted by Crippen LogP contribution is -1.98. The van der Waals surface area contributed by atoms with Crippen LogP contribution in [0.3, 0.4) is 0 Å². The number of para-hydroxylation sites is 1. The van der Waals surface area contributed by atoms with Crippen LogP contribution in [0.5, 0.6) is 17.2 Å². The van der Waals surface area contributed by atoms with Crippen LogP contribution < -0.4 is 14.2 Å². The number of methoxy groups -OCH3 is 2. The molecule has 0 saturated carbocycles. The zero-order valence-electron chi connectivity index (χ0n) is 17.0. The second-order valence-electron chi connectivity index (χ2n) is 6.48. The number of benzene rings is 2. The fourth-order valence-corrected chi connectivity index (χ4v) is 4.42. The Morgan fingerprint density at radius 3 is 2.60 bits per heavy atom. The lowest BCUT2D eigenvalue weighted by Gasteiger charge is -2.11. The van der Waals surface area contributed by atoms with Gasteiger partial charge in [0.2, 0.25) is 0 Å². The van der Waals surface area contributed by atoms with E-state index in [4.69, 9.17) is 19.2 Å². The molecule has 0 bridgehead atoms. The average molecular weight is 420 g/mol. The summed E-state index contributed by atoms with van der Waals surface area (Å²) < 4.78 is 18.7. The van der Waals surface area contributed by atoms with E-state index in [1.165, 1.54) is 11.3 Å². The molecule has 2 aromatic carbocycles. The Hall–Kier alpha value is -3.50. The van der Waals surface area contributed by atoms with Gasteiger partial charge in [0.25, 0.3) is 0 Å². The first-order valence-electron chi connectivity index (χ1n) is 9.52. The van der Waals surface area contributed by atoms with Crippen molar-refractivity contribution in [2.75, 3.05) is 20.8 Å². The van der Waals surface area contributed by atoms with Gasteiger partial charge in [0.15, 0.2) is 16.5 Å². The van der Waals surface area contributed by atoms with Gasteiger partial charge in [-0.3, -0.25) is 4.40 Å².